The van der Waals surface area contributed by atoms with Crippen molar-refractivity contribution in [3.8, 4) is 5.75 Å². The van der Waals surface area contributed by atoms with Crippen molar-refractivity contribution in [2.45, 2.75) is 0 Å². The van der Waals surface area contributed by atoms with Crippen molar-refractivity contribution in [3.05, 3.63) is 30.5 Å². The van der Waals surface area contributed by atoms with E-state index in [1.165, 1.54) is 0 Å². The summed E-state index contributed by atoms with van der Waals surface area (Å²) >= 11 is 0. The van der Waals surface area contributed by atoms with Gasteiger partial charge in [0.15, 0.2) is 0 Å². The van der Waals surface area contributed by atoms with Crippen molar-refractivity contribution >= 4 is 23.5 Å². The molecule has 0 aliphatic heterocycles. The number of nitrogens with zero attached hydrogens (tertiary/aromatic N) is 1. The highest BCUT2D eigenvalue weighted by Crippen LogP contribution is 2.16. The van der Waals surface area contributed by atoms with E-state index in [9.17, 15) is 10.0 Å². The van der Waals surface area contributed by atoms with Gasteiger partial charge in [-0.25, -0.2) is 0 Å². The van der Waals surface area contributed by atoms with Crippen LogP contribution in [0.25, 0.3) is 10.9 Å². The molecular formula is C10H10BNO3. The Morgan fingerprint density at radius 2 is 2.13 bits per heavy atom. The van der Waals surface area contributed by atoms with E-state index in [2.05, 4.69) is 4.98 Å². The molecule has 2 rings (SSSR count). The Morgan fingerprint density at radius 1 is 1.33 bits per heavy atom. The fraction of sp³-hybridized carbons (Fsp3) is 0.100. The molecule has 0 radical (unpaired) electrons. The van der Waals surface area contributed by atoms with Crippen LogP contribution in [-0.4, -0.2) is 29.3 Å². The molecule has 0 unspecified atom stereocenters. The van der Waals surface area contributed by atoms with Gasteiger partial charge in [-0.3, -0.25) is 4.98 Å². The molecule has 15 heavy (non-hydrogen) atoms. The zero-order chi connectivity index (χ0) is 10.8. The number of ether oxygens (including phenoxy) is 1. The molecule has 0 saturated carbocycles. The third-order valence-corrected chi connectivity index (χ3v) is 2.25. The van der Waals surface area contributed by atoms with Gasteiger partial charge in [0.05, 0.1) is 18.8 Å². The van der Waals surface area contributed by atoms with Crippen LogP contribution >= 0.6 is 0 Å². The van der Waals surface area contributed by atoms with Gasteiger partial charge >= 0.3 is 7.12 Å². The highest BCUT2D eigenvalue weighted by molar-refractivity contribution is 6.61. The van der Waals surface area contributed by atoms with Crippen LogP contribution in [0.4, 0.5) is 0 Å². The van der Waals surface area contributed by atoms with Crippen LogP contribution in [0, 0.1) is 0 Å². The molecule has 0 aliphatic carbocycles. The minimum atomic E-state index is -1.50. The van der Waals surface area contributed by atoms with E-state index in [1.807, 2.05) is 0 Å². The zero-order valence-corrected chi connectivity index (χ0v) is 8.21. The second-order valence-corrected chi connectivity index (χ2v) is 3.16. The van der Waals surface area contributed by atoms with Crippen LogP contribution in [0.2, 0.25) is 0 Å². The standard InChI is InChI=1S/C10H10BNO3/c1-15-7-5-8-9(11(13)14)3-2-4-10(8)12-6-7/h2-6,13-14H,1H3. The smallest absolute Gasteiger partial charge is 0.489 e. The lowest BCUT2D eigenvalue weighted by Gasteiger charge is -2.06. The number of rotatable bonds is 2. The Morgan fingerprint density at radius 3 is 2.80 bits per heavy atom. The molecule has 0 atom stereocenters. The van der Waals surface area contributed by atoms with Crippen molar-refractivity contribution in [2.24, 2.45) is 0 Å². The third-order valence-electron chi connectivity index (χ3n) is 2.25. The second-order valence-electron chi connectivity index (χ2n) is 3.16. The lowest BCUT2D eigenvalue weighted by atomic mass is 9.78. The summed E-state index contributed by atoms with van der Waals surface area (Å²) in [6.45, 7) is 0. The molecule has 0 bridgehead atoms. The number of benzene rings is 1. The lowest BCUT2D eigenvalue weighted by Crippen LogP contribution is -2.30. The Kier molecular flexibility index (Phi) is 2.57. The summed E-state index contributed by atoms with van der Waals surface area (Å²) in [5, 5.41) is 19.0. The molecule has 76 valence electrons. The summed E-state index contributed by atoms with van der Waals surface area (Å²) < 4.78 is 5.03. The number of pyridine rings is 1. The van der Waals surface area contributed by atoms with E-state index in [4.69, 9.17) is 4.74 Å². The predicted molar refractivity (Wildman–Crippen MR) is 58.1 cm³/mol. The maximum absolute atomic E-state index is 9.17. The summed E-state index contributed by atoms with van der Waals surface area (Å²) in [5.41, 5.74) is 1.14. The molecule has 1 aromatic carbocycles. The summed E-state index contributed by atoms with van der Waals surface area (Å²) in [6.07, 6.45) is 1.59. The van der Waals surface area contributed by atoms with Gasteiger partial charge in [0.25, 0.3) is 0 Å². The number of methoxy groups -OCH3 is 1. The van der Waals surface area contributed by atoms with Gasteiger partial charge in [-0.15, -0.1) is 0 Å². The Hall–Kier alpha value is -1.59. The molecule has 1 aromatic heterocycles. The first-order valence-corrected chi connectivity index (χ1v) is 4.51. The largest absolute Gasteiger partial charge is 0.495 e. The summed E-state index contributed by atoms with van der Waals surface area (Å²) in [5.74, 6) is 0.593. The average Bonchev–Trinajstić information content (AvgIpc) is 2.27. The SMILES string of the molecule is COc1cnc2cccc(B(O)O)c2c1. The van der Waals surface area contributed by atoms with E-state index in [-0.39, 0.29) is 0 Å². The molecule has 2 aromatic rings. The van der Waals surface area contributed by atoms with Gasteiger partial charge in [-0.2, -0.15) is 0 Å². The normalized spacial score (nSPS) is 10.3. The average molecular weight is 203 g/mol. The predicted octanol–water partition coefficient (Wildman–Crippen LogP) is -0.0768. The van der Waals surface area contributed by atoms with Gasteiger partial charge in [0.1, 0.15) is 5.75 Å². The summed E-state index contributed by atoms with van der Waals surface area (Å²) in [4.78, 5) is 4.15. The Bertz CT molecular complexity index is 487. The van der Waals surface area contributed by atoms with Crippen molar-refractivity contribution in [2.75, 3.05) is 7.11 Å². The van der Waals surface area contributed by atoms with E-state index < -0.39 is 7.12 Å². The minimum Gasteiger partial charge on any atom is -0.495 e. The highest BCUT2D eigenvalue weighted by Gasteiger charge is 2.14. The van der Waals surface area contributed by atoms with Crippen LogP contribution in [0.5, 0.6) is 5.75 Å². The Labute approximate surface area is 87.3 Å². The molecule has 0 aliphatic rings. The van der Waals surface area contributed by atoms with Gasteiger partial charge in [0, 0.05) is 5.39 Å². The summed E-state index contributed by atoms with van der Waals surface area (Å²) in [7, 11) is 0.0449. The highest BCUT2D eigenvalue weighted by atomic mass is 16.5. The molecule has 4 nitrogen and oxygen atoms in total. The lowest BCUT2D eigenvalue weighted by molar-refractivity contribution is 0.413. The quantitative estimate of drug-likeness (QED) is 0.670. The second kappa shape index (κ2) is 3.88. The maximum Gasteiger partial charge on any atom is 0.489 e. The van der Waals surface area contributed by atoms with Crippen molar-refractivity contribution in [1.82, 2.24) is 4.98 Å². The molecular weight excluding hydrogens is 193 g/mol. The van der Waals surface area contributed by atoms with Crippen molar-refractivity contribution in [1.29, 1.82) is 0 Å². The van der Waals surface area contributed by atoms with Crippen molar-refractivity contribution < 1.29 is 14.8 Å². The van der Waals surface area contributed by atoms with Gasteiger partial charge in [0.2, 0.25) is 0 Å². The molecule has 1 heterocycles. The van der Waals surface area contributed by atoms with E-state index in [0.717, 1.165) is 0 Å². The number of fused-ring (bicyclic) bond motifs is 1. The van der Waals surface area contributed by atoms with E-state index in [1.54, 1.807) is 37.6 Å². The first-order valence-electron chi connectivity index (χ1n) is 4.51. The topological polar surface area (TPSA) is 62.6 Å². The van der Waals surface area contributed by atoms with Crippen LogP contribution < -0.4 is 10.2 Å². The zero-order valence-electron chi connectivity index (χ0n) is 8.21. The molecule has 0 amide bonds. The van der Waals surface area contributed by atoms with Crippen LogP contribution in [0.3, 0.4) is 0 Å². The van der Waals surface area contributed by atoms with Crippen molar-refractivity contribution in [3.63, 3.8) is 0 Å². The molecule has 2 N–H and O–H groups in total. The summed E-state index contributed by atoms with van der Waals surface area (Å²) in [6, 6.07) is 6.92. The van der Waals surface area contributed by atoms with Gasteiger partial charge < -0.3 is 14.8 Å². The molecule has 5 heteroatoms. The van der Waals surface area contributed by atoms with Crippen LogP contribution in [0.15, 0.2) is 30.5 Å². The number of hydrogen-bond donors (Lipinski definition) is 2. The molecule has 0 spiro atoms. The van der Waals surface area contributed by atoms with Gasteiger partial charge in [-0.05, 0) is 17.6 Å². The molecule has 0 fully saturated rings. The van der Waals surface area contributed by atoms with Gasteiger partial charge in [-0.1, -0.05) is 12.1 Å². The van der Waals surface area contributed by atoms with E-state index >= 15 is 0 Å². The monoisotopic (exact) mass is 203 g/mol. The number of aromatic nitrogens is 1. The third kappa shape index (κ3) is 1.79. The fourth-order valence-corrected chi connectivity index (χ4v) is 1.49. The molecule has 0 saturated heterocycles. The minimum absolute atomic E-state index is 0.430. The maximum atomic E-state index is 9.17. The van der Waals surface area contributed by atoms with Crippen LogP contribution in [0.1, 0.15) is 0 Å². The Balaban J connectivity index is 2.70. The fourth-order valence-electron chi connectivity index (χ4n) is 1.49. The first kappa shape index (κ1) is 9.95. The van der Waals surface area contributed by atoms with E-state index in [0.29, 0.717) is 22.1 Å². The first-order chi connectivity index (χ1) is 7.22. The number of hydrogen-bond acceptors (Lipinski definition) is 4. The van der Waals surface area contributed by atoms with Crippen LogP contribution in [-0.2, 0) is 0 Å².